The van der Waals surface area contributed by atoms with Gasteiger partial charge >= 0.3 is 0 Å². The fraction of sp³-hybridized carbons (Fsp3) is 0.375. The van der Waals surface area contributed by atoms with E-state index < -0.39 is 5.60 Å². The molecular weight excluding hydrogens is 316 g/mol. The molecule has 0 saturated heterocycles. The van der Waals surface area contributed by atoms with Crippen LogP contribution < -0.4 is 5.32 Å². The van der Waals surface area contributed by atoms with E-state index in [1.54, 1.807) is 24.1 Å². The van der Waals surface area contributed by atoms with Gasteiger partial charge in [0.1, 0.15) is 10.7 Å². The van der Waals surface area contributed by atoms with Gasteiger partial charge in [-0.05, 0) is 25.7 Å². The lowest BCUT2D eigenvalue weighted by Gasteiger charge is -2.22. The summed E-state index contributed by atoms with van der Waals surface area (Å²) in [7, 11) is 0. The van der Waals surface area contributed by atoms with E-state index in [2.05, 4.69) is 10.3 Å². The van der Waals surface area contributed by atoms with E-state index in [1.807, 2.05) is 37.4 Å². The summed E-state index contributed by atoms with van der Waals surface area (Å²) in [5.74, 6) is 0.316. The van der Waals surface area contributed by atoms with Gasteiger partial charge in [-0.15, -0.1) is 11.3 Å². The predicted octanol–water partition coefficient (Wildman–Crippen LogP) is 2.96. The van der Waals surface area contributed by atoms with Gasteiger partial charge in [-0.25, -0.2) is 4.98 Å². The van der Waals surface area contributed by atoms with Crippen LogP contribution in [-0.2, 0) is 0 Å². The zero-order valence-electron chi connectivity index (χ0n) is 12.9. The third-order valence-corrected chi connectivity index (χ3v) is 4.98. The molecular formula is C16H20N2O2S2. The van der Waals surface area contributed by atoms with Gasteiger partial charge in [-0.1, -0.05) is 24.3 Å². The van der Waals surface area contributed by atoms with Gasteiger partial charge in [0, 0.05) is 23.2 Å². The zero-order valence-corrected chi connectivity index (χ0v) is 14.6. The van der Waals surface area contributed by atoms with Crippen LogP contribution in [0.2, 0.25) is 0 Å². The van der Waals surface area contributed by atoms with E-state index in [1.165, 1.54) is 11.3 Å². The van der Waals surface area contributed by atoms with Gasteiger partial charge in [-0.2, -0.15) is 11.8 Å². The molecule has 1 unspecified atom stereocenters. The molecule has 6 heteroatoms. The number of thiazole rings is 1. The summed E-state index contributed by atoms with van der Waals surface area (Å²) < 4.78 is 0. The van der Waals surface area contributed by atoms with Gasteiger partial charge in [0.25, 0.3) is 5.91 Å². The third kappa shape index (κ3) is 4.32. The Labute approximate surface area is 139 Å². The average Bonchev–Trinajstić information content (AvgIpc) is 2.95. The maximum Gasteiger partial charge on any atom is 0.270 e. The number of aliphatic hydroxyl groups is 1. The highest BCUT2D eigenvalue weighted by atomic mass is 32.2. The Bertz CT molecular complexity index is 653. The van der Waals surface area contributed by atoms with Gasteiger partial charge in [0.05, 0.1) is 5.60 Å². The van der Waals surface area contributed by atoms with Crippen molar-refractivity contribution < 1.29 is 9.90 Å². The Morgan fingerprint density at radius 2 is 2.18 bits per heavy atom. The van der Waals surface area contributed by atoms with Crippen LogP contribution in [0.15, 0.2) is 29.6 Å². The molecule has 2 N–H and O–H groups in total. The Balaban J connectivity index is 2.05. The van der Waals surface area contributed by atoms with Gasteiger partial charge < -0.3 is 10.4 Å². The Morgan fingerprint density at radius 3 is 2.86 bits per heavy atom. The third-order valence-electron chi connectivity index (χ3n) is 3.20. The fourth-order valence-electron chi connectivity index (χ4n) is 2.04. The van der Waals surface area contributed by atoms with Crippen LogP contribution in [0.5, 0.6) is 0 Å². The molecule has 0 aliphatic rings. The normalized spacial score (nSPS) is 13.6. The predicted molar refractivity (Wildman–Crippen MR) is 93.6 cm³/mol. The molecule has 0 bridgehead atoms. The first kappa shape index (κ1) is 17.0. The Hall–Kier alpha value is -1.37. The van der Waals surface area contributed by atoms with E-state index in [0.29, 0.717) is 11.4 Å². The van der Waals surface area contributed by atoms with Crippen molar-refractivity contribution >= 4 is 29.0 Å². The molecule has 4 nitrogen and oxygen atoms in total. The minimum Gasteiger partial charge on any atom is -0.387 e. The summed E-state index contributed by atoms with van der Waals surface area (Å²) >= 11 is 2.99. The van der Waals surface area contributed by atoms with Crippen molar-refractivity contribution in [3.8, 4) is 10.6 Å². The highest BCUT2D eigenvalue weighted by molar-refractivity contribution is 7.98. The van der Waals surface area contributed by atoms with Crippen LogP contribution in [0.4, 0.5) is 0 Å². The van der Waals surface area contributed by atoms with Crippen molar-refractivity contribution in [3.63, 3.8) is 0 Å². The minimum absolute atomic E-state index is 0.212. The lowest BCUT2D eigenvalue weighted by atomic mass is 10.1. The standard InChI is InChI=1S/C16H20N2O2S2/c1-11-6-4-5-7-12(11)15-18-13(8-22-15)14(19)17-9-16(2,20)10-21-3/h4-8,20H,9-10H2,1-3H3,(H,17,19). The van der Waals surface area contributed by atoms with Gasteiger partial charge in [0.2, 0.25) is 0 Å². The van der Waals surface area contributed by atoms with Crippen LogP contribution in [-0.4, -0.2) is 40.2 Å². The molecule has 0 aliphatic carbocycles. The molecule has 118 valence electrons. The lowest BCUT2D eigenvalue weighted by molar-refractivity contribution is 0.0723. The van der Waals surface area contributed by atoms with Crippen molar-refractivity contribution in [2.75, 3.05) is 18.6 Å². The first-order valence-corrected chi connectivity index (χ1v) is 9.21. The molecule has 0 fully saturated rings. The molecule has 1 atom stereocenters. The summed E-state index contributed by atoms with van der Waals surface area (Å²) in [4.78, 5) is 16.5. The number of carbonyl (C=O) groups excluding carboxylic acids is 1. The fourth-order valence-corrected chi connectivity index (χ4v) is 3.65. The number of aryl methyl sites for hydroxylation is 1. The van der Waals surface area contributed by atoms with Crippen molar-refractivity contribution in [3.05, 3.63) is 40.9 Å². The molecule has 0 aliphatic heterocycles. The van der Waals surface area contributed by atoms with E-state index >= 15 is 0 Å². The van der Waals surface area contributed by atoms with Crippen molar-refractivity contribution in [2.24, 2.45) is 0 Å². The molecule has 0 saturated carbocycles. The van der Waals surface area contributed by atoms with Crippen LogP contribution in [0.1, 0.15) is 23.0 Å². The zero-order chi connectivity index (χ0) is 16.2. The second-order valence-electron chi connectivity index (χ2n) is 5.47. The Kier molecular flexibility index (Phi) is 5.61. The molecule has 1 aromatic carbocycles. The summed E-state index contributed by atoms with van der Waals surface area (Å²) in [5.41, 5.74) is 1.65. The minimum atomic E-state index is -0.913. The topological polar surface area (TPSA) is 62.2 Å². The molecule has 1 amide bonds. The second kappa shape index (κ2) is 7.26. The van der Waals surface area contributed by atoms with Crippen molar-refractivity contribution in [1.82, 2.24) is 10.3 Å². The van der Waals surface area contributed by atoms with E-state index in [-0.39, 0.29) is 12.5 Å². The summed E-state index contributed by atoms with van der Waals surface area (Å²) in [5, 5.41) is 15.4. The summed E-state index contributed by atoms with van der Waals surface area (Å²) in [6.45, 7) is 3.95. The van der Waals surface area contributed by atoms with Crippen LogP contribution in [0, 0.1) is 6.92 Å². The number of thioether (sulfide) groups is 1. The largest absolute Gasteiger partial charge is 0.387 e. The Morgan fingerprint density at radius 1 is 1.45 bits per heavy atom. The first-order chi connectivity index (χ1) is 10.4. The van der Waals surface area contributed by atoms with Crippen molar-refractivity contribution in [1.29, 1.82) is 0 Å². The number of amides is 1. The summed E-state index contributed by atoms with van der Waals surface area (Å²) in [6, 6.07) is 7.96. The van der Waals surface area contributed by atoms with Crippen LogP contribution in [0.3, 0.4) is 0 Å². The molecule has 1 heterocycles. The number of hydrogen-bond donors (Lipinski definition) is 2. The number of benzene rings is 1. The molecule has 22 heavy (non-hydrogen) atoms. The monoisotopic (exact) mass is 336 g/mol. The quantitative estimate of drug-likeness (QED) is 0.851. The van der Waals surface area contributed by atoms with E-state index in [4.69, 9.17) is 0 Å². The van der Waals surface area contributed by atoms with E-state index in [9.17, 15) is 9.90 Å². The van der Waals surface area contributed by atoms with E-state index in [0.717, 1.165) is 16.1 Å². The van der Waals surface area contributed by atoms with Crippen LogP contribution >= 0.6 is 23.1 Å². The number of carbonyl (C=O) groups is 1. The number of rotatable bonds is 6. The summed E-state index contributed by atoms with van der Waals surface area (Å²) in [6.07, 6.45) is 1.92. The highest BCUT2D eigenvalue weighted by Gasteiger charge is 2.21. The molecule has 2 rings (SSSR count). The number of hydrogen-bond acceptors (Lipinski definition) is 5. The number of aromatic nitrogens is 1. The average molecular weight is 336 g/mol. The number of nitrogens with one attached hydrogen (secondary N) is 1. The van der Waals surface area contributed by atoms with Gasteiger partial charge in [0.15, 0.2) is 0 Å². The van der Waals surface area contributed by atoms with Gasteiger partial charge in [-0.3, -0.25) is 4.79 Å². The first-order valence-electron chi connectivity index (χ1n) is 6.94. The maximum absolute atomic E-state index is 12.1. The van der Waals surface area contributed by atoms with Crippen molar-refractivity contribution in [2.45, 2.75) is 19.4 Å². The maximum atomic E-state index is 12.1. The SMILES string of the molecule is CSCC(C)(O)CNC(=O)c1csc(-c2ccccc2C)n1. The lowest BCUT2D eigenvalue weighted by Crippen LogP contribution is -2.42. The molecule has 2 aromatic rings. The highest BCUT2D eigenvalue weighted by Crippen LogP contribution is 2.26. The molecule has 0 spiro atoms. The molecule has 0 radical (unpaired) electrons. The number of nitrogens with zero attached hydrogens (tertiary/aromatic N) is 1. The molecule has 1 aromatic heterocycles. The smallest absolute Gasteiger partial charge is 0.270 e. The second-order valence-corrected chi connectivity index (χ2v) is 7.19. The van der Waals surface area contributed by atoms with Crippen LogP contribution in [0.25, 0.3) is 10.6 Å².